The number of aliphatic hydroxyl groups excluding tert-OH is 1. The van der Waals surface area contributed by atoms with Gasteiger partial charge in [0, 0.05) is 24.7 Å². The maximum Gasteiger partial charge on any atom is 0.256 e. The number of carbonyl (C=O) groups excluding carboxylic acids is 1. The fourth-order valence-electron chi connectivity index (χ4n) is 4.18. The molecule has 0 aromatic heterocycles. The first-order valence-electron chi connectivity index (χ1n) is 9.67. The van der Waals surface area contributed by atoms with Crippen LogP contribution in [-0.2, 0) is 16.1 Å². The van der Waals surface area contributed by atoms with Crippen molar-refractivity contribution >= 4 is 29.0 Å². The molecule has 0 spiro atoms. The minimum Gasteiger partial charge on any atom is -0.385 e. The molecule has 6 atom stereocenters. The van der Waals surface area contributed by atoms with Crippen LogP contribution in [0.4, 0.5) is 5.69 Å². The molecule has 1 amide bonds. The van der Waals surface area contributed by atoms with E-state index in [0.717, 1.165) is 17.8 Å². The molecule has 9 nitrogen and oxygen atoms in total. The maximum absolute atomic E-state index is 12.9. The first-order chi connectivity index (χ1) is 13.8. The summed E-state index contributed by atoms with van der Waals surface area (Å²) in [7, 11) is 0. The number of alkyl halides is 1. The number of ether oxygens (including phenoxy) is 1. The number of anilines is 1. The lowest BCUT2D eigenvalue weighted by Crippen LogP contribution is -2.53. The number of fused-ring (bicyclic) bond motifs is 1. The van der Waals surface area contributed by atoms with E-state index in [4.69, 9.17) is 22.1 Å². The standard InChI is InChI=1S/C19H26ClN5O4/c1-19(28)13(26)18(25-6-5-12-15(20)22-9-23-16(12)25)29-14(19)17(27)24-11-4-2-3-10(7-11)8-21/h2-4,7,12-15,18,22,26,28H,5-6,8-9,21H2,1H3,(H,24,27)/t12?,13-,14+,15?,18+,19-/m0/s1. The van der Waals surface area contributed by atoms with Crippen LogP contribution in [0, 0.1) is 5.92 Å². The molecule has 6 N–H and O–H groups in total. The monoisotopic (exact) mass is 423 g/mol. The van der Waals surface area contributed by atoms with Crippen LogP contribution in [0.5, 0.6) is 0 Å². The number of nitrogens with two attached hydrogens (primary N) is 1. The third kappa shape index (κ3) is 3.63. The van der Waals surface area contributed by atoms with E-state index >= 15 is 0 Å². The van der Waals surface area contributed by atoms with Crippen molar-refractivity contribution in [3.05, 3.63) is 29.8 Å². The Morgan fingerprint density at radius 3 is 3.10 bits per heavy atom. The molecule has 3 aliphatic rings. The van der Waals surface area contributed by atoms with Crippen molar-refractivity contribution in [3.63, 3.8) is 0 Å². The summed E-state index contributed by atoms with van der Waals surface area (Å²) in [5, 5.41) is 27.5. The van der Waals surface area contributed by atoms with Gasteiger partial charge in [0.2, 0.25) is 0 Å². The summed E-state index contributed by atoms with van der Waals surface area (Å²) in [6.07, 6.45) is -2.69. The number of amidine groups is 1. The highest BCUT2D eigenvalue weighted by Gasteiger charge is 2.58. The Balaban J connectivity index is 1.52. The third-order valence-corrected chi connectivity index (χ3v) is 6.30. The highest BCUT2D eigenvalue weighted by Crippen LogP contribution is 2.38. The highest BCUT2D eigenvalue weighted by molar-refractivity contribution is 6.22. The van der Waals surface area contributed by atoms with Gasteiger partial charge in [-0.15, -0.1) is 11.6 Å². The topological polar surface area (TPSA) is 132 Å². The van der Waals surface area contributed by atoms with E-state index in [1.807, 2.05) is 11.0 Å². The normalized spacial score (nSPS) is 36.7. The number of nitrogens with one attached hydrogen (secondary N) is 2. The summed E-state index contributed by atoms with van der Waals surface area (Å²) in [5.74, 6) is 0.197. The number of rotatable bonds is 4. The molecular weight excluding hydrogens is 398 g/mol. The number of likely N-dealkylation sites (tertiary alicyclic amines) is 1. The van der Waals surface area contributed by atoms with Crippen LogP contribution in [0.1, 0.15) is 18.9 Å². The third-order valence-electron chi connectivity index (χ3n) is 5.84. The van der Waals surface area contributed by atoms with Crippen molar-refractivity contribution in [2.45, 2.75) is 49.4 Å². The van der Waals surface area contributed by atoms with Gasteiger partial charge in [0.15, 0.2) is 12.3 Å². The zero-order valence-electron chi connectivity index (χ0n) is 16.1. The Labute approximate surface area is 173 Å². The van der Waals surface area contributed by atoms with E-state index in [0.29, 0.717) is 25.4 Å². The molecule has 2 saturated heterocycles. The zero-order chi connectivity index (χ0) is 20.8. The number of hydrogen-bond donors (Lipinski definition) is 5. The van der Waals surface area contributed by atoms with Gasteiger partial charge in [0.25, 0.3) is 5.91 Å². The lowest BCUT2D eigenvalue weighted by atomic mass is 9.93. The van der Waals surface area contributed by atoms with Crippen molar-refractivity contribution in [3.8, 4) is 0 Å². The van der Waals surface area contributed by atoms with E-state index in [1.54, 1.807) is 18.2 Å². The Hall–Kier alpha value is -1.75. The molecule has 2 unspecified atom stereocenters. The molecule has 3 aliphatic heterocycles. The molecule has 1 aromatic rings. The van der Waals surface area contributed by atoms with Gasteiger partial charge in [0.1, 0.15) is 17.5 Å². The van der Waals surface area contributed by atoms with Gasteiger partial charge in [-0.1, -0.05) is 12.1 Å². The molecule has 2 fully saturated rings. The highest BCUT2D eigenvalue weighted by atomic mass is 35.5. The minimum atomic E-state index is -1.77. The molecule has 29 heavy (non-hydrogen) atoms. The first kappa shape index (κ1) is 20.5. The van der Waals surface area contributed by atoms with Crippen LogP contribution in [0.25, 0.3) is 0 Å². The molecule has 0 radical (unpaired) electrons. The number of halogens is 1. The van der Waals surface area contributed by atoms with E-state index in [2.05, 4.69) is 15.6 Å². The quantitative estimate of drug-likeness (QED) is 0.333. The van der Waals surface area contributed by atoms with Crippen molar-refractivity contribution in [2.24, 2.45) is 16.6 Å². The Morgan fingerprint density at radius 1 is 1.55 bits per heavy atom. The van der Waals surface area contributed by atoms with Crippen molar-refractivity contribution in [2.75, 3.05) is 18.5 Å². The second-order valence-electron chi connectivity index (χ2n) is 7.84. The summed E-state index contributed by atoms with van der Waals surface area (Å²) >= 11 is 6.33. The molecule has 0 saturated carbocycles. The molecule has 0 aliphatic carbocycles. The predicted molar refractivity (Wildman–Crippen MR) is 108 cm³/mol. The van der Waals surface area contributed by atoms with E-state index in [-0.39, 0.29) is 11.4 Å². The zero-order valence-corrected chi connectivity index (χ0v) is 16.8. The van der Waals surface area contributed by atoms with E-state index in [9.17, 15) is 15.0 Å². The number of hydrogen-bond acceptors (Lipinski definition) is 8. The van der Waals surface area contributed by atoms with Crippen LogP contribution in [0.2, 0.25) is 0 Å². The molecule has 4 rings (SSSR count). The van der Waals surface area contributed by atoms with Crippen LogP contribution in [0.15, 0.2) is 29.3 Å². The summed E-state index contributed by atoms with van der Waals surface area (Å²) < 4.78 is 5.89. The number of nitrogens with zero attached hydrogens (tertiary/aromatic N) is 2. The van der Waals surface area contributed by atoms with Crippen molar-refractivity contribution in [1.82, 2.24) is 10.2 Å². The van der Waals surface area contributed by atoms with Gasteiger partial charge in [-0.2, -0.15) is 0 Å². The van der Waals surface area contributed by atoms with Crippen LogP contribution in [0.3, 0.4) is 0 Å². The fourth-order valence-corrected chi connectivity index (χ4v) is 4.49. The second-order valence-corrected chi connectivity index (χ2v) is 8.31. The summed E-state index contributed by atoms with van der Waals surface area (Å²) in [4.78, 5) is 19.1. The molecule has 0 bridgehead atoms. The van der Waals surface area contributed by atoms with Crippen LogP contribution >= 0.6 is 11.6 Å². The maximum atomic E-state index is 12.9. The first-order valence-corrected chi connectivity index (χ1v) is 10.1. The van der Waals surface area contributed by atoms with Gasteiger partial charge >= 0.3 is 0 Å². The molecular formula is C19H26ClN5O4. The average Bonchev–Trinajstić information content (AvgIpc) is 3.22. The van der Waals surface area contributed by atoms with Gasteiger partial charge in [-0.25, -0.2) is 0 Å². The molecule has 3 heterocycles. The Bertz CT molecular complexity index is 820. The summed E-state index contributed by atoms with van der Waals surface area (Å²) in [6, 6.07) is 7.12. The molecule has 10 heteroatoms. The van der Waals surface area contributed by atoms with Crippen molar-refractivity contribution < 1.29 is 19.7 Å². The SMILES string of the molecule is C[C@@]1(O)[C@@H](C(=O)Nc2cccc(CN)c2)O[C@@H](N2CCC3C2=NCNC3Cl)[C@@H]1O. The van der Waals surface area contributed by atoms with Crippen molar-refractivity contribution in [1.29, 1.82) is 0 Å². The predicted octanol–water partition coefficient (Wildman–Crippen LogP) is -0.233. The minimum absolute atomic E-state index is 0.00181. The molecule has 1 aromatic carbocycles. The van der Waals surface area contributed by atoms with Gasteiger partial charge in [0.05, 0.1) is 12.2 Å². The smallest absolute Gasteiger partial charge is 0.256 e. The van der Waals surface area contributed by atoms with Gasteiger partial charge in [-0.3, -0.25) is 15.1 Å². The number of amides is 1. The van der Waals surface area contributed by atoms with Gasteiger partial charge < -0.3 is 30.9 Å². The average molecular weight is 424 g/mol. The Kier molecular flexibility index (Phi) is 5.54. The summed E-state index contributed by atoms with van der Waals surface area (Å²) in [6.45, 7) is 2.69. The van der Waals surface area contributed by atoms with Crippen LogP contribution < -0.4 is 16.4 Å². The van der Waals surface area contributed by atoms with Gasteiger partial charge in [-0.05, 0) is 31.0 Å². The lowest BCUT2D eigenvalue weighted by Gasteiger charge is -2.33. The Morgan fingerprint density at radius 2 is 2.34 bits per heavy atom. The number of aliphatic hydroxyl groups is 2. The van der Waals surface area contributed by atoms with E-state index in [1.165, 1.54) is 6.92 Å². The fraction of sp³-hybridized carbons (Fsp3) is 0.579. The van der Waals surface area contributed by atoms with Crippen LogP contribution in [-0.4, -0.2) is 69.6 Å². The number of aliphatic imine (C=N–C) groups is 1. The summed E-state index contributed by atoms with van der Waals surface area (Å²) in [5.41, 5.74) is 5.03. The molecule has 158 valence electrons. The lowest BCUT2D eigenvalue weighted by molar-refractivity contribution is -0.138. The number of benzene rings is 1. The second kappa shape index (κ2) is 7.82. The number of carbonyl (C=O) groups is 1. The van der Waals surface area contributed by atoms with E-state index < -0.39 is 29.9 Å². The largest absolute Gasteiger partial charge is 0.385 e.